The Bertz CT molecular complexity index is 7940. The molecule has 25 rings (SSSR count). The number of hydrogen-bond acceptors (Lipinski definition) is 27. The van der Waals surface area contributed by atoms with Crippen LogP contribution in [-0.4, -0.2) is 123 Å². The summed E-state index contributed by atoms with van der Waals surface area (Å²) in [5.41, 5.74) is 23.1. The van der Waals surface area contributed by atoms with Gasteiger partial charge in [0.1, 0.15) is 30.8 Å². The fourth-order valence-electron chi connectivity index (χ4n) is 20.1. The fourth-order valence-corrected chi connectivity index (χ4v) is 20.1. The van der Waals surface area contributed by atoms with Crippen LogP contribution in [0.15, 0.2) is 223 Å². The Hall–Kier alpha value is -15.5. The summed E-state index contributed by atoms with van der Waals surface area (Å²) in [5.74, 6) is 4.01. The molecule has 0 saturated heterocycles. The monoisotopic (exact) mass is 1820 g/mol. The molecule has 27 nitrogen and oxygen atoms in total. The Morgan fingerprint density at radius 1 is 0.257 bits per heavy atom. The van der Waals surface area contributed by atoms with Crippen molar-refractivity contribution in [1.29, 1.82) is 0 Å². The average Bonchev–Trinajstić information content (AvgIpc) is 1.62. The zero-order valence-corrected chi connectivity index (χ0v) is 79.3. The zero-order valence-electron chi connectivity index (χ0n) is 91.3. The van der Waals surface area contributed by atoms with Crippen LogP contribution in [0.25, 0.3) is 110 Å². The second-order valence-electron chi connectivity index (χ2n) is 35.9. The number of anilines is 15. The van der Waals surface area contributed by atoms with Gasteiger partial charge in [-0.25, -0.2) is 59.8 Å². The Balaban J connectivity index is 0.000000108. The van der Waals surface area contributed by atoms with Crippen LogP contribution in [0.2, 0.25) is 0 Å². The highest BCUT2D eigenvalue weighted by atomic mass is 16.4. The first-order valence-electron chi connectivity index (χ1n) is 51.5. The number of benzene rings is 5. The van der Waals surface area contributed by atoms with Gasteiger partial charge >= 0.3 is 0 Å². The second-order valence-corrected chi connectivity index (χ2v) is 35.9. The van der Waals surface area contributed by atoms with Crippen molar-refractivity contribution in [2.45, 2.75) is 194 Å². The predicted octanol–water partition coefficient (Wildman–Crippen LogP) is 25.8. The van der Waals surface area contributed by atoms with Crippen LogP contribution in [0, 0.1) is 69.2 Å². The number of aryl methyl sites for hydroxylation is 10. The lowest BCUT2D eigenvalue weighted by atomic mass is 10.1. The minimum atomic E-state index is -2.53. The van der Waals surface area contributed by atoms with Crippen molar-refractivity contribution in [3.05, 3.63) is 257 Å². The number of rotatable bonds is 8. The van der Waals surface area contributed by atoms with Crippen LogP contribution in [0.4, 0.5) is 86.2 Å². The van der Waals surface area contributed by atoms with Gasteiger partial charge in [-0.05, 0) is 270 Å². The fraction of sp³-hybridized carbons (Fsp3) is 0.284. The van der Waals surface area contributed by atoms with Crippen LogP contribution < -0.4 is 49.0 Å². The highest BCUT2D eigenvalue weighted by Crippen LogP contribution is 2.55. The lowest BCUT2D eigenvalue weighted by Crippen LogP contribution is -2.42. The lowest BCUT2D eigenvalue weighted by molar-refractivity contribution is 0.597. The topological polar surface area (TPSA) is 253 Å². The standard InChI is InChI=1S/2C23H24N4O.C22H23N5O.C21H20N4O.C20H19N5O/c2*1-13(2)26-16(5)27(19-7-6-12-24-22(19)26)20-14(3)8-10-17-18-11-9-15(4)25-23(18)28-21(17)20;1-12(2)26-15(5)27(21-20(26)23-10-11-24-21)18-13(3)6-8-16-17-9-7-14(4)25-22(17)28-19(16)18;1-12-7-9-15-16-10-8-13(2)23-21(16)26-19(15)18(12)25-14(3)24(4)20-17(25)6-5-11-22-20;1-11-5-7-14-15-8-6-12(2)23-20(15)26-17(14)16(11)25-13(3)24(4)18-19(25)22-10-9-21-18/h2*6-13,16H,1-5H3;6-12,15H,1-5H3;5-11,14H,1-4H3;5-10,13H,1-4H3/t2*16-;15-;14-;13-/m00000/s1/i1D3,13D;13D;12D;2*4D3/t13?,16-;4m. The molecule has 5 aliphatic heterocycles. The summed E-state index contributed by atoms with van der Waals surface area (Å²) in [6, 6.07) is 48.5. The van der Waals surface area contributed by atoms with Crippen molar-refractivity contribution in [1.82, 2.24) is 59.8 Å². The van der Waals surface area contributed by atoms with Crippen LogP contribution in [0.1, 0.15) is 149 Å². The molecular formula is C109H110N22O5. The molecule has 1 unspecified atom stereocenters. The lowest BCUT2D eigenvalue weighted by Gasteiger charge is -2.33. The number of fused-ring (bicyclic) bond motifs is 20. The molecule has 0 bridgehead atoms. The van der Waals surface area contributed by atoms with Gasteiger partial charge in [0.15, 0.2) is 68.6 Å². The average molecular weight is 1820 g/mol. The smallest absolute Gasteiger partial charge is 0.227 e. The van der Waals surface area contributed by atoms with E-state index < -0.39 is 57.4 Å². The minimum absolute atomic E-state index is 0.0837. The van der Waals surface area contributed by atoms with Crippen LogP contribution in [-0.2, 0) is 0 Å². The molecule has 15 aromatic heterocycles. The molecule has 686 valence electrons. The van der Waals surface area contributed by atoms with E-state index in [0.717, 1.165) is 178 Å². The van der Waals surface area contributed by atoms with Crippen molar-refractivity contribution in [2.24, 2.45) is 0 Å². The molecule has 5 aliphatic rings. The highest BCUT2D eigenvalue weighted by molar-refractivity contribution is 6.15. The summed E-state index contributed by atoms with van der Waals surface area (Å²) in [6.45, 7) is 31.4. The molecule has 20 heterocycles. The normalized spacial score (nSPS) is 18.8. The molecule has 0 aliphatic carbocycles. The van der Waals surface area contributed by atoms with E-state index in [4.69, 9.17) is 38.5 Å². The maximum absolute atomic E-state index is 8.78. The van der Waals surface area contributed by atoms with Crippen molar-refractivity contribution < 1.29 is 38.5 Å². The summed E-state index contributed by atoms with van der Waals surface area (Å²) >= 11 is 0. The Labute approximate surface area is 805 Å². The molecule has 136 heavy (non-hydrogen) atoms. The first kappa shape index (κ1) is 74.0. The molecule has 5 aromatic carbocycles. The van der Waals surface area contributed by atoms with Crippen molar-refractivity contribution in [2.75, 3.05) is 63.0 Å². The first-order chi connectivity index (χ1) is 70.1. The van der Waals surface area contributed by atoms with Gasteiger partial charge in [-0.1, -0.05) is 60.7 Å². The van der Waals surface area contributed by atoms with Crippen molar-refractivity contribution >= 4 is 197 Å². The van der Waals surface area contributed by atoms with Gasteiger partial charge in [-0.2, -0.15) is 0 Å². The van der Waals surface area contributed by atoms with Crippen LogP contribution in [0.5, 0.6) is 0 Å². The van der Waals surface area contributed by atoms with Gasteiger partial charge in [0.2, 0.25) is 28.6 Å². The first-order valence-corrected chi connectivity index (χ1v) is 45.5. The molecular weight excluding hydrogens is 1700 g/mol. The maximum Gasteiger partial charge on any atom is 0.227 e. The molecule has 0 spiro atoms. The van der Waals surface area contributed by atoms with E-state index >= 15 is 0 Å². The number of hydrogen-bond donors (Lipinski definition) is 0. The predicted molar refractivity (Wildman–Crippen MR) is 549 cm³/mol. The zero-order chi connectivity index (χ0) is 105. The van der Waals surface area contributed by atoms with E-state index in [-0.39, 0.29) is 12.3 Å². The third kappa shape index (κ3) is 14.0. The number of furan rings is 5. The molecule has 0 fully saturated rings. The quantitative estimate of drug-likeness (QED) is 0.137. The van der Waals surface area contributed by atoms with E-state index in [2.05, 4.69) is 140 Å². The molecule has 27 heteroatoms. The summed E-state index contributed by atoms with van der Waals surface area (Å²) in [6.07, 6.45) is 9.79. The van der Waals surface area contributed by atoms with Gasteiger partial charge in [0.05, 0.1) is 49.6 Å². The van der Waals surface area contributed by atoms with E-state index in [0.29, 0.717) is 74.4 Å². The third-order valence-electron chi connectivity index (χ3n) is 26.4. The van der Waals surface area contributed by atoms with Crippen molar-refractivity contribution in [3.63, 3.8) is 0 Å². The number of pyridine rings is 8. The maximum atomic E-state index is 8.78. The van der Waals surface area contributed by atoms with Gasteiger partial charge in [0.25, 0.3) is 0 Å². The number of aromatic nitrogens is 12. The summed E-state index contributed by atoms with van der Waals surface area (Å²) in [7, 11) is 0. The van der Waals surface area contributed by atoms with Gasteiger partial charge in [-0.3, -0.25) is 9.80 Å². The molecule has 0 amide bonds. The molecule has 6 atom stereocenters. The Kier molecular flexibility index (Phi) is 18.3. The van der Waals surface area contributed by atoms with Gasteiger partial charge < -0.3 is 61.3 Å². The van der Waals surface area contributed by atoms with Crippen LogP contribution in [0.3, 0.4) is 0 Å². The minimum Gasteiger partial charge on any atom is -0.435 e. The SMILES string of the molecule is [2H]C(C)(C)N1c2ncccc2N(c2c(C)ccc3c2oc2nc(C)ccc23)[C@H]1C.[2H]C(C)(C)N1c2nccnc2N(c2c(C)ccc3c2oc2nc(C)ccc23)[C@H]1C.[2H]C([2H])([2H])C([2H])(C)N1c2ncccc2N(c2c(C)ccc3c2oc2nc(C)ccc23)[C@H]1C.[2H]C([2H])([2H])N1c2ncccc2N(c2c(C)ccc3c2oc2nc(C)ccc23)[C@H]1C.[2H]C([2H])([2H])N1c2nccnc2N(c2c(C)ccc3c2oc2nc(C)ccc23)[C@H]1C. The van der Waals surface area contributed by atoms with E-state index in [1.54, 1.807) is 42.1 Å². The second kappa shape index (κ2) is 33.6. The van der Waals surface area contributed by atoms with E-state index in [1.807, 2.05) is 244 Å². The van der Waals surface area contributed by atoms with Crippen molar-refractivity contribution in [3.8, 4) is 0 Å². The Morgan fingerprint density at radius 3 is 0.831 bits per heavy atom. The summed E-state index contributed by atoms with van der Waals surface area (Å²) in [4.78, 5) is 72.8. The third-order valence-corrected chi connectivity index (χ3v) is 26.4. The van der Waals surface area contributed by atoms with Crippen LogP contribution >= 0.6 is 0 Å². The Morgan fingerprint density at radius 2 is 0.500 bits per heavy atom. The van der Waals surface area contributed by atoms with Gasteiger partial charge in [0, 0.05) is 170 Å². The largest absolute Gasteiger partial charge is 0.435 e. The highest BCUT2D eigenvalue weighted by Gasteiger charge is 2.44. The van der Waals surface area contributed by atoms with E-state index in [1.165, 1.54) is 22.9 Å². The van der Waals surface area contributed by atoms with E-state index in [9.17, 15) is 0 Å². The number of nitrogens with zero attached hydrogens (tertiary/aromatic N) is 22. The van der Waals surface area contributed by atoms with Gasteiger partial charge in [-0.15, -0.1) is 0 Å². The summed E-state index contributed by atoms with van der Waals surface area (Å²) in [5, 5.41) is 9.70. The summed E-state index contributed by atoms with van der Waals surface area (Å²) < 4.78 is 129. The molecule has 0 radical (unpaired) electrons. The molecule has 0 saturated carbocycles. The molecule has 20 aromatic rings. The molecule has 0 N–H and O–H groups in total.